The molecule has 1 aromatic carbocycles. The third-order valence-electron chi connectivity index (χ3n) is 7.11. The number of nitrogens with one attached hydrogen (secondary N) is 2. The molecule has 0 aliphatic carbocycles. The number of nitrogens with zero attached hydrogens (tertiary/aromatic N) is 7. The fourth-order valence-corrected chi connectivity index (χ4v) is 6.49. The molecule has 13 nitrogen and oxygen atoms in total. The normalized spacial score (nSPS) is 15.2. The van der Waals surface area contributed by atoms with Crippen LogP contribution < -0.4 is 10.3 Å². The fourth-order valence-electron chi connectivity index (χ4n) is 5.04. The molecule has 0 amide bonds. The summed E-state index contributed by atoms with van der Waals surface area (Å²) in [6.45, 7) is 7.19. The van der Waals surface area contributed by atoms with Crippen LogP contribution in [-0.2, 0) is 29.9 Å². The van der Waals surface area contributed by atoms with Gasteiger partial charge in [-0.3, -0.25) is 4.79 Å². The van der Waals surface area contributed by atoms with Gasteiger partial charge in [-0.05, 0) is 47.0 Å². The zero-order valence-corrected chi connectivity index (χ0v) is 23.9. The molecule has 0 saturated carbocycles. The number of rotatable bonds is 11. The van der Waals surface area contributed by atoms with Crippen LogP contribution in [-0.4, -0.2) is 92.1 Å². The number of piperazine rings is 1. The predicted octanol–water partition coefficient (Wildman–Crippen LogP) is 1.73. The molecule has 3 aromatic heterocycles. The molecule has 214 valence electrons. The van der Waals surface area contributed by atoms with Gasteiger partial charge in [0, 0.05) is 52.4 Å². The highest BCUT2D eigenvalue weighted by atomic mass is 32.2. The van der Waals surface area contributed by atoms with Crippen molar-refractivity contribution in [2.24, 2.45) is 7.05 Å². The van der Waals surface area contributed by atoms with E-state index in [2.05, 4.69) is 37.4 Å². The van der Waals surface area contributed by atoms with E-state index in [1.807, 2.05) is 20.2 Å². The highest BCUT2D eigenvalue weighted by Crippen LogP contribution is 2.32. The number of sulfonamides is 1. The Labute approximate surface area is 232 Å². The largest absolute Gasteiger partial charge is 0.493 e. The lowest BCUT2D eigenvalue weighted by atomic mass is 10.1. The van der Waals surface area contributed by atoms with E-state index in [1.54, 1.807) is 22.8 Å². The molecule has 0 atom stereocenters. The number of tetrazole rings is 1. The van der Waals surface area contributed by atoms with Gasteiger partial charge < -0.3 is 19.2 Å². The average Bonchev–Trinajstić information content (AvgIpc) is 3.59. The number of hydrogen-bond donors (Lipinski definition) is 2. The first-order chi connectivity index (χ1) is 19.3. The van der Waals surface area contributed by atoms with Crippen LogP contribution in [0.3, 0.4) is 0 Å². The summed E-state index contributed by atoms with van der Waals surface area (Å²) in [6, 6.07) is 4.78. The smallest absolute Gasteiger partial charge is 0.275 e. The predicted molar refractivity (Wildman–Crippen MR) is 150 cm³/mol. The van der Waals surface area contributed by atoms with Crippen molar-refractivity contribution in [3.05, 3.63) is 46.1 Å². The van der Waals surface area contributed by atoms with Gasteiger partial charge in [-0.1, -0.05) is 20.3 Å². The number of hydrogen-bond acceptors (Lipinski definition) is 9. The average molecular weight is 570 g/mol. The van der Waals surface area contributed by atoms with E-state index in [0.29, 0.717) is 67.4 Å². The lowest BCUT2D eigenvalue weighted by Gasteiger charge is -2.33. The van der Waals surface area contributed by atoms with Crippen molar-refractivity contribution >= 4 is 21.1 Å². The summed E-state index contributed by atoms with van der Waals surface area (Å²) in [5.41, 5.74) is 2.25. The summed E-state index contributed by atoms with van der Waals surface area (Å²) in [7, 11) is -1.96. The molecule has 4 heterocycles. The Hall–Kier alpha value is -3.62. The Morgan fingerprint density at radius 1 is 1.07 bits per heavy atom. The number of benzene rings is 1. The lowest BCUT2D eigenvalue weighted by Crippen LogP contribution is -2.49. The van der Waals surface area contributed by atoms with Gasteiger partial charge in [0.2, 0.25) is 10.0 Å². The van der Waals surface area contributed by atoms with E-state index in [9.17, 15) is 13.2 Å². The van der Waals surface area contributed by atoms with Crippen LogP contribution in [0.1, 0.15) is 38.1 Å². The van der Waals surface area contributed by atoms with Gasteiger partial charge >= 0.3 is 0 Å². The van der Waals surface area contributed by atoms with Crippen molar-refractivity contribution in [1.82, 2.24) is 44.4 Å². The van der Waals surface area contributed by atoms with Gasteiger partial charge in [-0.15, -0.1) is 5.10 Å². The summed E-state index contributed by atoms with van der Waals surface area (Å²) in [4.78, 5) is 23.1. The second-order valence-corrected chi connectivity index (χ2v) is 11.9. The van der Waals surface area contributed by atoms with Crippen LogP contribution in [0.5, 0.6) is 5.75 Å². The maximum atomic E-state index is 13.7. The van der Waals surface area contributed by atoms with Crippen molar-refractivity contribution in [2.45, 2.75) is 44.4 Å². The van der Waals surface area contributed by atoms with Gasteiger partial charge in [0.25, 0.3) is 5.56 Å². The second-order valence-electron chi connectivity index (χ2n) is 9.98. The molecule has 0 radical (unpaired) electrons. The molecular formula is C26H35N9O4S. The van der Waals surface area contributed by atoms with Crippen molar-refractivity contribution in [2.75, 3.05) is 39.3 Å². The number of aromatic amines is 2. The maximum Gasteiger partial charge on any atom is 0.275 e. The maximum absolute atomic E-state index is 13.7. The minimum absolute atomic E-state index is 0.136. The molecule has 1 saturated heterocycles. The van der Waals surface area contributed by atoms with E-state index in [4.69, 9.17) is 9.72 Å². The highest BCUT2D eigenvalue weighted by molar-refractivity contribution is 7.89. The first-order valence-electron chi connectivity index (χ1n) is 13.6. The van der Waals surface area contributed by atoms with E-state index in [0.717, 1.165) is 31.4 Å². The zero-order valence-electron chi connectivity index (χ0n) is 23.1. The molecule has 1 fully saturated rings. The monoisotopic (exact) mass is 569 g/mol. The molecule has 0 bridgehead atoms. The lowest BCUT2D eigenvalue weighted by molar-refractivity contribution is 0.189. The summed E-state index contributed by atoms with van der Waals surface area (Å²) in [6.07, 6.45) is 5.06. The molecule has 0 unspecified atom stereocenters. The minimum atomic E-state index is -3.79. The summed E-state index contributed by atoms with van der Waals surface area (Å²) >= 11 is 0. The first-order valence-corrected chi connectivity index (χ1v) is 15.1. The molecule has 0 spiro atoms. The SMILES string of the molecule is CCCOc1ccc(S(=O)(=O)N2CCN(CCc3nnn[nH]3)CC2)cc1-c1nc2c(CCC)cn(C)c2c(=O)[nH]1. The van der Waals surface area contributed by atoms with E-state index in [1.165, 1.54) is 4.31 Å². The van der Waals surface area contributed by atoms with E-state index < -0.39 is 10.0 Å². The van der Waals surface area contributed by atoms with Crippen LogP contribution in [0.15, 0.2) is 34.1 Å². The van der Waals surface area contributed by atoms with E-state index >= 15 is 0 Å². The standard InChI is InChI=1S/C26H35N9O4S/c1-4-6-18-17-33(3)24-23(18)27-25(28-26(24)36)20-16-19(7-8-21(20)39-15-5-2)40(37,38)35-13-11-34(12-14-35)10-9-22-29-31-32-30-22/h7-8,16-17H,4-6,9-15H2,1-3H3,(H,27,28,36)(H,29,30,31,32). The van der Waals surface area contributed by atoms with Crippen molar-refractivity contribution in [1.29, 1.82) is 0 Å². The first kappa shape index (κ1) is 27.9. The Balaban J connectivity index is 1.44. The van der Waals surface area contributed by atoms with Crippen molar-refractivity contribution < 1.29 is 13.2 Å². The molecule has 1 aliphatic rings. The number of fused-ring (bicyclic) bond motifs is 1. The topological polar surface area (TPSA) is 155 Å². The molecule has 2 N–H and O–H groups in total. The Kier molecular flexibility index (Phi) is 8.28. The van der Waals surface area contributed by atoms with Gasteiger partial charge in [-0.2, -0.15) is 4.31 Å². The molecule has 40 heavy (non-hydrogen) atoms. The summed E-state index contributed by atoms with van der Waals surface area (Å²) < 4.78 is 36.7. The zero-order chi connectivity index (χ0) is 28.3. The Bertz CT molecular complexity index is 1620. The minimum Gasteiger partial charge on any atom is -0.493 e. The summed E-state index contributed by atoms with van der Waals surface area (Å²) in [5.74, 6) is 1.47. The molecular weight excluding hydrogens is 534 g/mol. The van der Waals surface area contributed by atoms with Gasteiger partial charge in [0.05, 0.1) is 22.6 Å². The molecule has 1 aliphatic heterocycles. The van der Waals surface area contributed by atoms with Crippen molar-refractivity contribution in [3.8, 4) is 17.1 Å². The molecule has 5 rings (SSSR count). The highest BCUT2D eigenvalue weighted by Gasteiger charge is 2.30. The van der Waals surface area contributed by atoms with Gasteiger partial charge in [-0.25, -0.2) is 18.5 Å². The Morgan fingerprint density at radius 3 is 2.58 bits per heavy atom. The van der Waals surface area contributed by atoms with Crippen LogP contribution in [0.4, 0.5) is 0 Å². The number of aromatic nitrogens is 7. The van der Waals surface area contributed by atoms with Crippen LogP contribution in [0.25, 0.3) is 22.4 Å². The Morgan fingerprint density at radius 2 is 1.88 bits per heavy atom. The second kappa shape index (κ2) is 11.9. The van der Waals surface area contributed by atoms with Crippen LogP contribution in [0.2, 0.25) is 0 Å². The van der Waals surface area contributed by atoms with Crippen molar-refractivity contribution in [3.63, 3.8) is 0 Å². The quantitative estimate of drug-likeness (QED) is 0.275. The van der Waals surface area contributed by atoms with Gasteiger partial charge in [0.1, 0.15) is 22.9 Å². The number of H-pyrrole nitrogens is 2. The summed E-state index contributed by atoms with van der Waals surface area (Å²) in [5, 5.41) is 13.8. The van der Waals surface area contributed by atoms with Crippen LogP contribution in [0, 0.1) is 0 Å². The molecule has 14 heteroatoms. The third-order valence-corrected chi connectivity index (χ3v) is 9.01. The van der Waals surface area contributed by atoms with E-state index in [-0.39, 0.29) is 16.3 Å². The third kappa shape index (κ3) is 5.64. The van der Waals surface area contributed by atoms with Crippen LogP contribution >= 0.6 is 0 Å². The number of ether oxygens (including phenoxy) is 1. The number of aryl methyl sites for hydroxylation is 2. The van der Waals surface area contributed by atoms with Gasteiger partial charge in [0.15, 0.2) is 0 Å². The molecule has 4 aromatic rings. The fraction of sp³-hybridized carbons (Fsp3) is 0.500.